The summed E-state index contributed by atoms with van der Waals surface area (Å²) in [6.07, 6.45) is 0.573. The van der Waals surface area contributed by atoms with Crippen LogP contribution in [0.2, 0.25) is 0 Å². The molecule has 3 N–H and O–H groups in total. The molecular formula is C14H22N2O4S. The molecule has 0 saturated heterocycles. The molecule has 0 aliphatic heterocycles. The summed E-state index contributed by atoms with van der Waals surface area (Å²) in [6, 6.07) is 6.47. The van der Waals surface area contributed by atoms with E-state index in [1.54, 1.807) is 32.0 Å². The van der Waals surface area contributed by atoms with E-state index in [0.29, 0.717) is 18.7 Å². The van der Waals surface area contributed by atoms with Gasteiger partial charge in [0, 0.05) is 12.1 Å². The molecule has 0 atom stereocenters. The van der Waals surface area contributed by atoms with E-state index in [0.717, 1.165) is 0 Å². The van der Waals surface area contributed by atoms with E-state index in [9.17, 15) is 13.2 Å². The Morgan fingerprint density at radius 3 is 2.48 bits per heavy atom. The largest absolute Gasteiger partial charge is 0.481 e. The van der Waals surface area contributed by atoms with Crippen molar-refractivity contribution in [3.8, 4) is 0 Å². The SMILES string of the molecule is CCCNS(=O)(=O)c1ccccc1NC(C)(C)CC(=O)O. The number of nitrogens with one attached hydrogen (secondary N) is 2. The van der Waals surface area contributed by atoms with Gasteiger partial charge in [0.05, 0.1) is 12.1 Å². The number of aliphatic carboxylic acids is 1. The highest BCUT2D eigenvalue weighted by atomic mass is 32.2. The van der Waals surface area contributed by atoms with E-state index in [2.05, 4.69) is 10.0 Å². The smallest absolute Gasteiger partial charge is 0.305 e. The van der Waals surface area contributed by atoms with Crippen LogP contribution < -0.4 is 10.0 Å². The molecule has 0 aliphatic carbocycles. The van der Waals surface area contributed by atoms with Crippen LogP contribution in [0.15, 0.2) is 29.2 Å². The van der Waals surface area contributed by atoms with Crippen molar-refractivity contribution in [1.29, 1.82) is 0 Å². The summed E-state index contributed by atoms with van der Waals surface area (Å²) in [5, 5.41) is 11.9. The van der Waals surface area contributed by atoms with E-state index in [1.807, 2.05) is 6.92 Å². The molecule has 6 nitrogen and oxygen atoms in total. The topological polar surface area (TPSA) is 95.5 Å². The molecule has 0 heterocycles. The van der Waals surface area contributed by atoms with E-state index in [1.165, 1.54) is 6.07 Å². The van der Waals surface area contributed by atoms with Gasteiger partial charge in [-0.05, 0) is 32.4 Å². The molecule has 0 fully saturated rings. The Morgan fingerprint density at radius 2 is 1.90 bits per heavy atom. The fourth-order valence-electron chi connectivity index (χ4n) is 1.91. The zero-order chi connectivity index (χ0) is 16.1. The van der Waals surface area contributed by atoms with Crippen molar-refractivity contribution in [1.82, 2.24) is 4.72 Å². The zero-order valence-electron chi connectivity index (χ0n) is 12.5. The van der Waals surface area contributed by atoms with Gasteiger partial charge in [0.2, 0.25) is 10.0 Å². The third-order valence-electron chi connectivity index (χ3n) is 2.78. The van der Waals surface area contributed by atoms with Crippen LogP contribution in [-0.4, -0.2) is 31.6 Å². The number of para-hydroxylation sites is 1. The molecule has 118 valence electrons. The van der Waals surface area contributed by atoms with Gasteiger partial charge < -0.3 is 10.4 Å². The normalized spacial score (nSPS) is 12.1. The average Bonchev–Trinajstić information content (AvgIpc) is 2.34. The molecule has 1 aromatic carbocycles. The summed E-state index contributed by atoms with van der Waals surface area (Å²) in [5.74, 6) is -0.947. The Morgan fingerprint density at radius 1 is 1.29 bits per heavy atom. The number of benzene rings is 1. The molecule has 0 aliphatic rings. The molecule has 7 heteroatoms. The van der Waals surface area contributed by atoms with Gasteiger partial charge in [-0.25, -0.2) is 13.1 Å². The minimum Gasteiger partial charge on any atom is -0.481 e. The molecule has 1 rings (SSSR count). The number of carboxylic acids is 1. The predicted octanol–water partition coefficient (Wildman–Crippen LogP) is 2.04. The first-order valence-corrected chi connectivity index (χ1v) is 8.25. The maximum absolute atomic E-state index is 12.3. The molecule has 0 saturated carbocycles. The van der Waals surface area contributed by atoms with Crippen LogP contribution in [0.1, 0.15) is 33.6 Å². The van der Waals surface area contributed by atoms with Gasteiger partial charge in [-0.2, -0.15) is 0 Å². The van der Waals surface area contributed by atoms with Crippen LogP contribution in [0.4, 0.5) is 5.69 Å². The summed E-state index contributed by atoms with van der Waals surface area (Å²) < 4.78 is 27.0. The number of anilines is 1. The summed E-state index contributed by atoms with van der Waals surface area (Å²) in [5.41, 5.74) is -0.366. The van der Waals surface area contributed by atoms with Gasteiger partial charge >= 0.3 is 5.97 Å². The van der Waals surface area contributed by atoms with E-state index in [-0.39, 0.29) is 11.3 Å². The Kier molecular flexibility index (Phi) is 5.74. The first kappa shape index (κ1) is 17.5. The molecule has 21 heavy (non-hydrogen) atoms. The van der Waals surface area contributed by atoms with Crippen LogP contribution in [-0.2, 0) is 14.8 Å². The molecule has 1 aromatic rings. The Bertz CT molecular complexity index is 597. The molecule has 0 unspecified atom stereocenters. The molecule has 0 aromatic heterocycles. The van der Waals surface area contributed by atoms with Crippen molar-refractivity contribution in [2.24, 2.45) is 0 Å². The third kappa shape index (κ3) is 5.35. The number of hydrogen-bond acceptors (Lipinski definition) is 4. The summed E-state index contributed by atoms with van der Waals surface area (Å²) in [6.45, 7) is 5.66. The van der Waals surface area contributed by atoms with Gasteiger partial charge in [-0.3, -0.25) is 4.79 Å². The first-order chi connectivity index (χ1) is 9.68. The average molecular weight is 314 g/mol. The van der Waals surface area contributed by atoms with E-state index < -0.39 is 21.5 Å². The molecule has 0 spiro atoms. The highest BCUT2D eigenvalue weighted by molar-refractivity contribution is 7.89. The monoisotopic (exact) mass is 314 g/mol. The standard InChI is InChI=1S/C14H22N2O4S/c1-4-9-15-21(19,20)12-8-6-5-7-11(12)16-14(2,3)10-13(17)18/h5-8,15-16H,4,9-10H2,1-3H3,(H,17,18). The maximum Gasteiger partial charge on any atom is 0.305 e. The minimum absolute atomic E-state index is 0.121. The number of carbonyl (C=O) groups is 1. The minimum atomic E-state index is -3.61. The Labute approximate surface area is 125 Å². The highest BCUT2D eigenvalue weighted by Gasteiger charge is 2.25. The summed E-state index contributed by atoms with van der Waals surface area (Å²) in [4.78, 5) is 11.0. The highest BCUT2D eigenvalue weighted by Crippen LogP contribution is 2.25. The number of rotatable bonds is 8. The lowest BCUT2D eigenvalue weighted by molar-refractivity contribution is -0.137. The van der Waals surface area contributed by atoms with Crippen molar-refractivity contribution < 1.29 is 18.3 Å². The molecule has 0 bridgehead atoms. The van der Waals surface area contributed by atoms with Crippen LogP contribution in [0.5, 0.6) is 0 Å². The van der Waals surface area contributed by atoms with Gasteiger partial charge in [-0.15, -0.1) is 0 Å². The van der Waals surface area contributed by atoms with Gasteiger partial charge in [0.15, 0.2) is 0 Å². The van der Waals surface area contributed by atoms with Gasteiger partial charge in [-0.1, -0.05) is 19.1 Å². The Hall–Kier alpha value is -1.60. The van der Waals surface area contributed by atoms with Crippen molar-refractivity contribution in [2.45, 2.75) is 44.0 Å². The molecule has 0 amide bonds. The Balaban J connectivity index is 3.08. The second-order valence-corrected chi connectivity index (χ2v) is 7.21. The van der Waals surface area contributed by atoms with Crippen molar-refractivity contribution in [3.63, 3.8) is 0 Å². The van der Waals surface area contributed by atoms with Crippen molar-refractivity contribution in [3.05, 3.63) is 24.3 Å². The van der Waals surface area contributed by atoms with Crippen molar-refractivity contribution >= 4 is 21.7 Å². The second-order valence-electron chi connectivity index (χ2n) is 5.47. The first-order valence-electron chi connectivity index (χ1n) is 6.76. The summed E-state index contributed by atoms with van der Waals surface area (Å²) in [7, 11) is -3.61. The number of carboxylic acid groups (broad SMARTS) is 1. The van der Waals surface area contributed by atoms with Gasteiger partial charge in [0.25, 0.3) is 0 Å². The lowest BCUT2D eigenvalue weighted by Gasteiger charge is -2.27. The third-order valence-corrected chi connectivity index (χ3v) is 4.30. The summed E-state index contributed by atoms with van der Waals surface area (Å²) >= 11 is 0. The fraction of sp³-hybridized carbons (Fsp3) is 0.500. The predicted molar refractivity (Wildman–Crippen MR) is 81.9 cm³/mol. The molecule has 0 radical (unpaired) electrons. The lowest BCUT2D eigenvalue weighted by Crippen LogP contribution is -2.35. The zero-order valence-corrected chi connectivity index (χ0v) is 13.3. The maximum atomic E-state index is 12.3. The quantitative estimate of drug-likeness (QED) is 0.682. The van der Waals surface area contributed by atoms with Crippen LogP contribution in [0, 0.1) is 0 Å². The van der Waals surface area contributed by atoms with Crippen LogP contribution >= 0.6 is 0 Å². The lowest BCUT2D eigenvalue weighted by atomic mass is 10.0. The number of hydrogen-bond donors (Lipinski definition) is 3. The van der Waals surface area contributed by atoms with Crippen molar-refractivity contribution in [2.75, 3.05) is 11.9 Å². The van der Waals surface area contributed by atoms with Crippen LogP contribution in [0.25, 0.3) is 0 Å². The van der Waals surface area contributed by atoms with Gasteiger partial charge in [0.1, 0.15) is 4.90 Å². The second kappa shape index (κ2) is 6.91. The van der Waals surface area contributed by atoms with Crippen LogP contribution in [0.3, 0.4) is 0 Å². The van der Waals surface area contributed by atoms with E-state index >= 15 is 0 Å². The number of sulfonamides is 1. The fourth-order valence-corrected chi connectivity index (χ4v) is 3.20. The van der Waals surface area contributed by atoms with E-state index in [4.69, 9.17) is 5.11 Å². The molecular weight excluding hydrogens is 292 g/mol.